The van der Waals surface area contributed by atoms with E-state index in [0.29, 0.717) is 6.04 Å². The topological polar surface area (TPSA) is 38.5 Å². The maximum atomic E-state index is 6.05. The Bertz CT molecular complexity index is 456. The Kier molecular flexibility index (Phi) is 3.99. The highest BCUT2D eigenvalue weighted by molar-refractivity contribution is 5.40. The van der Waals surface area contributed by atoms with Gasteiger partial charge in [0.15, 0.2) is 0 Å². The zero-order valence-corrected chi connectivity index (χ0v) is 12.5. The number of benzene rings is 1. The Balaban J connectivity index is 1.66. The van der Waals surface area contributed by atoms with Gasteiger partial charge in [-0.25, -0.2) is 0 Å². The van der Waals surface area contributed by atoms with Crippen molar-refractivity contribution in [2.75, 3.05) is 18.9 Å². The molecule has 1 unspecified atom stereocenters. The zero-order chi connectivity index (χ0) is 14.0. The number of hydrogen-bond donors (Lipinski definition) is 1. The van der Waals surface area contributed by atoms with Gasteiger partial charge >= 0.3 is 0 Å². The molecule has 3 heteroatoms. The lowest BCUT2D eigenvalue weighted by Gasteiger charge is -2.49. The number of ether oxygens (including phenoxy) is 1. The van der Waals surface area contributed by atoms with Gasteiger partial charge in [0.1, 0.15) is 0 Å². The van der Waals surface area contributed by atoms with E-state index in [9.17, 15) is 0 Å². The van der Waals surface area contributed by atoms with Crippen LogP contribution < -0.4 is 5.73 Å². The summed E-state index contributed by atoms with van der Waals surface area (Å²) in [4.78, 5) is 2.59. The fourth-order valence-corrected chi connectivity index (χ4v) is 3.66. The van der Waals surface area contributed by atoms with Crippen LogP contribution in [0.25, 0.3) is 0 Å². The standard InChI is InChI=1S/C17H26N2O/c1-2-19(13-14-5-3-6-15(18)11-14)16-7-10-20-17(12-16)8-4-9-17/h3,5-6,11,16H,2,4,7-10,12-13,18H2,1H3. The molecule has 2 N–H and O–H groups in total. The highest BCUT2D eigenvalue weighted by Crippen LogP contribution is 2.43. The molecule has 0 radical (unpaired) electrons. The van der Waals surface area contributed by atoms with Crippen LogP contribution in [-0.2, 0) is 11.3 Å². The van der Waals surface area contributed by atoms with Gasteiger partial charge < -0.3 is 10.5 Å². The second-order valence-corrected chi connectivity index (χ2v) is 6.34. The summed E-state index contributed by atoms with van der Waals surface area (Å²) in [7, 11) is 0. The van der Waals surface area contributed by atoms with Gasteiger partial charge in [-0.05, 0) is 56.3 Å². The lowest BCUT2D eigenvalue weighted by atomic mass is 9.73. The molecule has 1 saturated carbocycles. The van der Waals surface area contributed by atoms with Crippen LogP contribution in [0.5, 0.6) is 0 Å². The molecular formula is C17H26N2O. The number of anilines is 1. The third kappa shape index (κ3) is 2.84. The van der Waals surface area contributed by atoms with Gasteiger partial charge in [-0.15, -0.1) is 0 Å². The number of rotatable bonds is 4. The minimum atomic E-state index is 0.228. The number of nitrogens with two attached hydrogens (primary N) is 1. The Hall–Kier alpha value is -1.06. The summed E-state index contributed by atoms with van der Waals surface area (Å²) in [6.45, 7) is 5.28. The molecule has 1 aromatic carbocycles. The van der Waals surface area contributed by atoms with Crippen LogP contribution in [0.1, 0.15) is 44.6 Å². The van der Waals surface area contributed by atoms with E-state index < -0.39 is 0 Å². The third-order valence-corrected chi connectivity index (χ3v) is 4.99. The van der Waals surface area contributed by atoms with E-state index in [-0.39, 0.29) is 5.60 Å². The van der Waals surface area contributed by atoms with E-state index >= 15 is 0 Å². The molecule has 3 rings (SSSR count). The van der Waals surface area contributed by atoms with Gasteiger partial charge in [-0.1, -0.05) is 19.1 Å². The molecule has 1 heterocycles. The smallest absolute Gasteiger partial charge is 0.0697 e. The summed E-state index contributed by atoms with van der Waals surface area (Å²) in [6, 6.07) is 8.95. The molecule has 0 bridgehead atoms. The predicted octanol–water partition coefficient (Wildman–Crippen LogP) is 3.19. The molecule has 1 aliphatic heterocycles. The molecule has 1 aliphatic carbocycles. The second kappa shape index (κ2) is 5.74. The minimum absolute atomic E-state index is 0.228. The van der Waals surface area contributed by atoms with E-state index in [2.05, 4.69) is 30.0 Å². The summed E-state index contributed by atoms with van der Waals surface area (Å²) in [5.74, 6) is 0. The van der Waals surface area contributed by atoms with Gasteiger partial charge in [0.05, 0.1) is 5.60 Å². The minimum Gasteiger partial charge on any atom is -0.399 e. The van der Waals surface area contributed by atoms with Gasteiger partial charge in [0, 0.05) is 24.9 Å². The quantitative estimate of drug-likeness (QED) is 0.857. The van der Waals surface area contributed by atoms with E-state index in [1.54, 1.807) is 0 Å². The van der Waals surface area contributed by atoms with Crippen LogP contribution in [0.3, 0.4) is 0 Å². The average Bonchev–Trinajstić information content (AvgIpc) is 2.43. The van der Waals surface area contributed by atoms with Crippen LogP contribution in [0.15, 0.2) is 24.3 Å². The first-order chi connectivity index (χ1) is 9.71. The van der Waals surface area contributed by atoms with E-state index in [1.807, 2.05) is 6.07 Å². The van der Waals surface area contributed by atoms with Gasteiger partial charge in [0.2, 0.25) is 0 Å². The molecule has 0 aromatic heterocycles. The number of hydrogen-bond acceptors (Lipinski definition) is 3. The molecule has 1 spiro atoms. The summed E-state index contributed by atoms with van der Waals surface area (Å²) in [6.07, 6.45) is 6.24. The Morgan fingerprint density at radius 2 is 2.25 bits per heavy atom. The van der Waals surface area contributed by atoms with Crippen molar-refractivity contribution in [3.8, 4) is 0 Å². The van der Waals surface area contributed by atoms with Crippen LogP contribution in [-0.4, -0.2) is 29.7 Å². The van der Waals surface area contributed by atoms with E-state index in [1.165, 1.54) is 31.2 Å². The third-order valence-electron chi connectivity index (χ3n) is 4.99. The van der Waals surface area contributed by atoms with Gasteiger partial charge in [-0.2, -0.15) is 0 Å². The lowest BCUT2D eigenvalue weighted by molar-refractivity contribution is -0.149. The van der Waals surface area contributed by atoms with Crippen molar-refractivity contribution in [2.45, 2.75) is 57.2 Å². The van der Waals surface area contributed by atoms with Crippen molar-refractivity contribution in [2.24, 2.45) is 0 Å². The monoisotopic (exact) mass is 274 g/mol. The van der Waals surface area contributed by atoms with Crippen molar-refractivity contribution in [1.29, 1.82) is 0 Å². The van der Waals surface area contributed by atoms with Gasteiger partial charge in [-0.3, -0.25) is 4.90 Å². The van der Waals surface area contributed by atoms with E-state index in [0.717, 1.165) is 31.8 Å². The Morgan fingerprint density at radius 3 is 2.90 bits per heavy atom. The normalized spacial score (nSPS) is 24.8. The van der Waals surface area contributed by atoms with Crippen molar-refractivity contribution >= 4 is 5.69 Å². The molecular weight excluding hydrogens is 248 g/mol. The average molecular weight is 274 g/mol. The van der Waals surface area contributed by atoms with Crippen LogP contribution in [0.4, 0.5) is 5.69 Å². The molecule has 20 heavy (non-hydrogen) atoms. The molecule has 110 valence electrons. The van der Waals surface area contributed by atoms with E-state index in [4.69, 9.17) is 10.5 Å². The first kappa shape index (κ1) is 13.9. The first-order valence-corrected chi connectivity index (χ1v) is 7.93. The summed E-state index contributed by atoms with van der Waals surface area (Å²) in [5, 5.41) is 0. The molecule has 1 saturated heterocycles. The molecule has 1 aromatic rings. The molecule has 2 aliphatic rings. The fraction of sp³-hybridized carbons (Fsp3) is 0.647. The van der Waals surface area contributed by atoms with Crippen molar-refractivity contribution < 1.29 is 4.74 Å². The molecule has 0 amide bonds. The lowest BCUT2D eigenvalue weighted by Crippen LogP contribution is -2.51. The Labute approximate surface area is 122 Å². The number of nitrogen functional groups attached to an aromatic ring is 1. The maximum Gasteiger partial charge on any atom is 0.0697 e. The SMILES string of the molecule is CCN(Cc1cccc(N)c1)C1CCOC2(CCC2)C1. The molecule has 3 nitrogen and oxygen atoms in total. The maximum absolute atomic E-state index is 6.05. The highest BCUT2D eigenvalue weighted by Gasteiger charge is 2.43. The highest BCUT2D eigenvalue weighted by atomic mass is 16.5. The van der Waals surface area contributed by atoms with Crippen molar-refractivity contribution in [3.05, 3.63) is 29.8 Å². The van der Waals surface area contributed by atoms with Crippen LogP contribution >= 0.6 is 0 Å². The van der Waals surface area contributed by atoms with Crippen LogP contribution in [0, 0.1) is 0 Å². The first-order valence-electron chi connectivity index (χ1n) is 7.93. The van der Waals surface area contributed by atoms with Crippen LogP contribution in [0.2, 0.25) is 0 Å². The fourth-order valence-electron chi connectivity index (χ4n) is 3.66. The number of nitrogens with zero attached hydrogens (tertiary/aromatic N) is 1. The van der Waals surface area contributed by atoms with Gasteiger partial charge in [0.25, 0.3) is 0 Å². The Morgan fingerprint density at radius 1 is 1.40 bits per heavy atom. The second-order valence-electron chi connectivity index (χ2n) is 6.34. The molecule has 1 atom stereocenters. The predicted molar refractivity (Wildman–Crippen MR) is 82.5 cm³/mol. The summed E-state index contributed by atoms with van der Waals surface area (Å²) in [5.41, 5.74) is 8.30. The molecule has 2 fully saturated rings. The summed E-state index contributed by atoms with van der Waals surface area (Å²) >= 11 is 0. The largest absolute Gasteiger partial charge is 0.399 e. The summed E-state index contributed by atoms with van der Waals surface area (Å²) < 4.78 is 6.05. The van der Waals surface area contributed by atoms with Crippen molar-refractivity contribution in [3.63, 3.8) is 0 Å². The van der Waals surface area contributed by atoms with Crippen molar-refractivity contribution in [1.82, 2.24) is 4.90 Å². The zero-order valence-electron chi connectivity index (χ0n) is 12.5.